The third kappa shape index (κ3) is 2.81. The number of hydrogen-bond donors (Lipinski definition) is 0. The van der Waals surface area contributed by atoms with Crippen LogP contribution in [0.25, 0.3) is 0 Å². The van der Waals surface area contributed by atoms with E-state index in [0.717, 1.165) is 6.61 Å². The van der Waals surface area contributed by atoms with Crippen molar-refractivity contribution in [2.75, 3.05) is 6.61 Å². The van der Waals surface area contributed by atoms with Gasteiger partial charge in [0.1, 0.15) is 0 Å². The molecule has 0 unspecified atom stereocenters. The number of fused-ring (bicyclic) bond motifs is 3. The van der Waals surface area contributed by atoms with Crippen LogP contribution in [0.3, 0.4) is 0 Å². The molecule has 5 fully saturated rings. The summed E-state index contributed by atoms with van der Waals surface area (Å²) < 4.78 is 6.50. The van der Waals surface area contributed by atoms with E-state index >= 15 is 0 Å². The summed E-state index contributed by atoms with van der Waals surface area (Å²) in [5, 5.41) is 0. The minimum Gasteiger partial charge on any atom is -0.374 e. The quantitative estimate of drug-likeness (QED) is 0.448. The minimum absolute atomic E-state index is 0.154. The van der Waals surface area contributed by atoms with Crippen LogP contribution in [0, 0.1) is 37.9 Å². The molecule has 3 saturated carbocycles. The molecule has 1 nitrogen and oxygen atoms in total. The smallest absolute Gasteiger partial charge is 0.0743 e. The second-order valence-electron chi connectivity index (χ2n) is 15.4. The van der Waals surface area contributed by atoms with E-state index in [1.54, 1.807) is 0 Å². The Morgan fingerprint density at radius 2 is 1.00 bits per heavy atom. The molecule has 3 aliphatic carbocycles. The molecule has 4 bridgehead atoms. The molecule has 2 aliphatic heterocycles. The van der Waals surface area contributed by atoms with E-state index in [9.17, 15) is 0 Å². The number of ether oxygens (including phenoxy) is 1. The molecule has 0 spiro atoms. The van der Waals surface area contributed by atoms with E-state index in [-0.39, 0.29) is 11.0 Å². The highest BCUT2D eigenvalue weighted by atomic mass is 16.5. The predicted octanol–water partition coefficient (Wildman–Crippen LogP) is 8.41. The number of rotatable bonds is 5. The normalized spacial score (nSPS) is 42.4. The third-order valence-electron chi connectivity index (χ3n) is 11.9. The molecule has 0 atom stereocenters. The van der Waals surface area contributed by atoms with Crippen LogP contribution in [0.4, 0.5) is 0 Å². The van der Waals surface area contributed by atoms with Gasteiger partial charge in [0.15, 0.2) is 0 Å². The van der Waals surface area contributed by atoms with Gasteiger partial charge in [0.05, 0.1) is 12.2 Å². The van der Waals surface area contributed by atoms with Crippen molar-refractivity contribution in [3.8, 4) is 0 Å². The molecular formula is C28H50O. The zero-order valence-electron chi connectivity index (χ0n) is 21.5. The first kappa shape index (κ1) is 22.2. The Hall–Kier alpha value is -0.0400. The molecule has 1 heteroatoms. The SMILES string of the molecule is CC(C)(C)C12CCC(C(C)(C)CCC(C)(C)C34COC(C(C)(C)C)(C3)C4)(CC1)C2. The molecule has 0 radical (unpaired) electrons. The molecule has 0 amide bonds. The van der Waals surface area contributed by atoms with Crippen molar-refractivity contribution < 1.29 is 4.74 Å². The number of hydrogen-bond acceptors (Lipinski definition) is 1. The highest BCUT2D eigenvalue weighted by Crippen LogP contribution is 2.74. The van der Waals surface area contributed by atoms with Crippen LogP contribution in [0.1, 0.15) is 127 Å². The molecule has 0 aromatic rings. The van der Waals surface area contributed by atoms with Crippen molar-refractivity contribution in [3.63, 3.8) is 0 Å². The molecule has 2 heterocycles. The predicted molar refractivity (Wildman–Crippen MR) is 124 cm³/mol. The van der Waals surface area contributed by atoms with Gasteiger partial charge in [-0.2, -0.15) is 0 Å². The van der Waals surface area contributed by atoms with E-state index in [1.807, 2.05) is 0 Å². The molecule has 5 rings (SSSR count). The Morgan fingerprint density at radius 1 is 0.552 bits per heavy atom. The van der Waals surface area contributed by atoms with Crippen LogP contribution in [-0.4, -0.2) is 12.2 Å². The largest absolute Gasteiger partial charge is 0.374 e. The maximum atomic E-state index is 6.50. The van der Waals surface area contributed by atoms with Gasteiger partial charge in [0, 0.05) is 5.41 Å². The van der Waals surface area contributed by atoms with Crippen molar-refractivity contribution in [2.24, 2.45) is 37.9 Å². The fraction of sp³-hybridized carbons (Fsp3) is 1.00. The van der Waals surface area contributed by atoms with Gasteiger partial charge in [-0.25, -0.2) is 0 Å². The first-order valence-corrected chi connectivity index (χ1v) is 12.6. The summed E-state index contributed by atoms with van der Waals surface area (Å²) in [5.41, 5.74) is 3.34. The van der Waals surface area contributed by atoms with Crippen molar-refractivity contribution >= 4 is 0 Å². The maximum Gasteiger partial charge on any atom is 0.0743 e. The van der Waals surface area contributed by atoms with E-state index in [2.05, 4.69) is 69.2 Å². The summed E-state index contributed by atoms with van der Waals surface area (Å²) in [5.74, 6) is 0. The monoisotopic (exact) mass is 402 g/mol. The molecule has 29 heavy (non-hydrogen) atoms. The Kier molecular flexibility index (Phi) is 4.47. The molecule has 2 saturated heterocycles. The van der Waals surface area contributed by atoms with Gasteiger partial charge in [-0.3, -0.25) is 0 Å². The maximum absolute atomic E-state index is 6.50. The minimum atomic E-state index is 0.154. The lowest BCUT2D eigenvalue weighted by Crippen LogP contribution is -2.57. The van der Waals surface area contributed by atoms with Gasteiger partial charge in [0.2, 0.25) is 0 Å². The summed E-state index contributed by atoms with van der Waals surface area (Å²) in [7, 11) is 0. The first-order valence-electron chi connectivity index (χ1n) is 12.6. The summed E-state index contributed by atoms with van der Waals surface area (Å²) in [4.78, 5) is 0. The third-order valence-corrected chi connectivity index (χ3v) is 11.9. The van der Waals surface area contributed by atoms with Crippen LogP contribution in [0.15, 0.2) is 0 Å². The lowest BCUT2D eigenvalue weighted by molar-refractivity contribution is -0.125. The molecular weight excluding hydrogens is 352 g/mol. The van der Waals surface area contributed by atoms with E-state index < -0.39 is 0 Å². The Bertz CT molecular complexity index is 651. The van der Waals surface area contributed by atoms with Crippen LogP contribution >= 0.6 is 0 Å². The fourth-order valence-corrected chi connectivity index (χ4v) is 8.24. The Labute approximate surface area is 182 Å². The molecule has 0 aromatic heterocycles. The standard InChI is InChI=1S/C28H50O/c1-21(2,3)25-13-15-26(17-25,16-14-25)23(7,8)11-12-24(9,10)27-18-28(19-27,29-20-27)22(4,5)6/h11-20H2,1-10H3. The van der Waals surface area contributed by atoms with E-state index in [1.165, 1.54) is 57.8 Å². The van der Waals surface area contributed by atoms with Gasteiger partial charge in [-0.1, -0.05) is 69.2 Å². The summed E-state index contributed by atoms with van der Waals surface area (Å²) in [6.45, 7) is 26.0. The van der Waals surface area contributed by atoms with Gasteiger partial charge in [0.25, 0.3) is 0 Å². The van der Waals surface area contributed by atoms with Crippen molar-refractivity contribution in [2.45, 2.75) is 133 Å². The zero-order chi connectivity index (χ0) is 21.8. The first-order chi connectivity index (χ1) is 12.9. The molecule has 168 valence electrons. The Balaban J connectivity index is 1.44. The fourth-order valence-electron chi connectivity index (χ4n) is 8.24. The van der Waals surface area contributed by atoms with Crippen LogP contribution in [0.2, 0.25) is 0 Å². The average molecular weight is 403 g/mol. The Morgan fingerprint density at radius 3 is 1.38 bits per heavy atom. The van der Waals surface area contributed by atoms with Crippen molar-refractivity contribution in [1.82, 2.24) is 0 Å². The lowest BCUT2D eigenvalue weighted by atomic mass is 9.45. The summed E-state index contributed by atoms with van der Waals surface area (Å²) >= 11 is 0. The van der Waals surface area contributed by atoms with Crippen molar-refractivity contribution in [3.05, 3.63) is 0 Å². The molecule has 5 aliphatic rings. The van der Waals surface area contributed by atoms with Gasteiger partial charge < -0.3 is 4.74 Å². The average Bonchev–Trinajstić information content (AvgIpc) is 3.28. The van der Waals surface area contributed by atoms with E-state index in [4.69, 9.17) is 4.74 Å². The topological polar surface area (TPSA) is 9.23 Å². The van der Waals surface area contributed by atoms with Crippen molar-refractivity contribution in [1.29, 1.82) is 0 Å². The van der Waals surface area contributed by atoms with Gasteiger partial charge >= 0.3 is 0 Å². The second kappa shape index (κ2) is 5.85. The summed E-state index contributed by atoms with van der Waals surface area (Å²) in [6, 6.07) is 0. The molecule has 0 aromatic carbocycles. The summed E-state index contributed by atoms with van der Waals surface area (Å²) in [6.07, 6.45) is 12.7. The highest BCUT2D eigenvalue weighted by Gasteiger charge is 2.71. The van der Waals surface area contributed by atoms with E-state index in [0.29, 0.717) is 32.5 Å². The zero-order valence-corrected chi connectivity index (χ0v) is 21.5. The highest BCUT2D eigenvalue weighted by molar-refractivity contribution is 5.20. The second-order valence-corrected chi connectivity index (χ2v) is 15.4. The van der Waals surface area contributed by atoms with Crippen LogP contribution in [-0.2, 0) is 4.74 Å². The molecule has 0 N–H and O–H groups in total. The van der Waals surface area contributed by atoms with Gasteiger partial charge in [-0.15, -0.1) is 0 Å². The van der Waals surface area contributed by atoms with Crippen LogP contribution < -0.4 is 0 Å². The lowest BCUT2D eigenvalue weighted by Gasteiger charge is -2.58. The van der Waals surface area contributed by atoms with Gasteiger partial charge in [-0.05, 0) is 90.3 Å². The van der Waals surface area contributed by atoms with Crippen LogP contribution in [0.5, 0.6) is 0 Å².